The highest BCUT2D eigenvalue weighted by Crippen LogP contribution is 2.32. The third-order valence-corrected chi connectivity index (χ3v) is 4.50. The van der Waals surface area contributed by atoms with Crippen molar-refractivity contribution in [1.29, 1.82) is 0 Å². The third kappa shape index (κ3) is 4.81. The van der Waals surface area contributed by atoms with Gasteiger partial charge in [0, 0.05) is 4.43 Å². The second-order valence-corrected chi connectivity index (χ2v) is 7.19. The van der Waals surface area contributed by atoms with Crippen molar-refractivity contribution in [1.82, 2.24) is 0 Å². The number of hydrogen-bond donors (Lipinski definition) is 1. The van der Waals surface area contributed by atoms with Crippen LogP contribution in [0.1, 0.15) is 15.9 Å². The van der Waals surface area contributed by atoms with E-state index in [1.54, 1.807) is 36.4 Å². The maximum atomic E-state index is 14.3. The first-order valence-electron chi connectivity index (χ1n) is 8.58. The number of hydrogen-bond acceptors (Lipinski definition) is 3. The Labute approximate surface area is 176 Å². The Kier molecular flexibility index (Phi) is 6.51. The quantitative estimate of drug-likeness (QED) is 0.320. The largest absolute Gasteiger partial charge is 0.490 e. The van der Waals surface area contributed by atoms with E-state index in [-0.39, 0.29) is 17.1 Å². The SMILES string of the molecule is Cc1ccc(Oc2cc(-c3ccc(OCCI)c(F)c3)ccc2C(=O)O)cc1. The number of alkyl halides is 1. The van der Waals surface area contributed by atoms with Gasteiger partial charge in [-0.1, -0.05) is 52.4 Å². The van der Waals surface area contributed by atoms with Gasteiger partial charge in [-0.25, -0.2) is 9.18 Å². The Morgan fingerprint density at radius 1 is 1.00 bits per heavy atom. The summed E-state index contributed by atoms with van der Waals surface area (Å²) in [6.45, 7) is 2.38. The van der Waals surface area contributed by atoms with Crippen LogP contribution in [0.5, 0.6) is 17.2 Å². The number of aromatic carboxylic acids is 1. The molecular formula is C22H18FIO4. The van der Waals surface area contributed by atoms with E-state index in [1.807, 2.05) is 19.1 Å². The molecule has 28 heavy (non-hydrogen) atoms. The predicted molar refractivity (Wildman–Crippen MR) is 114 cm³/mol. The molecule has 0 radical (unpaired) electrons. The molecule has 0 saturated heterocycles. The molecule has 144 valence electrons. The summed E-state index contributed by atoms with van der Waals surface area (Å²) in [7, 11) is 0. The van der Waals surface area contributed by atoms with E-state index in [4.69, 9.17) is 9.47 Å². The lowest BCUT2D eigenvalue weighted by Crippen LogP contribution is -2.01. The van der Waals surface area contributed by atoms with E-state index in [9.17, 15) is 14.3 Å². The summed E-state index contributed by atoms with van der Waals surface area (Å²) in [5, 5.41) is 9.46. The van der Waals surface area contributed by atoms with Crippen molar-refractivity contribution in [2.45, 2.75) is 6.92 Å². The number of carbonyl (C=O) groups is 1. The molecule has 1 N–H and O–H groups in total. The summed E-state index contributed by atoms with van der Waals surface area (Å²) < 4.78 is 26.2. The first kappa shape index (κ1) is 20.1. The van der Waals surface area contributed by atoms with Gasteiger partial charge in [0.25, 0.3) is 0 Å². The van der Waals surface area contributed by atoms with Crippen LogP contribution in [0.3, 0.4) is 0 Å². The number of aryl methyl sites for hydroxylation is 1. The van der Waals surface area contributed by atoms with Crippen LogP contribution in [-0.4, -0.2) is 22.1 Å². The second-order valence-electron chi connectivity index (χ2n) is 6.11. The van der Waals surface area contributed by atoms with Gasteiger partial charge in [-0.15, -0.1) is 0 Å². The summed E-state index contributed by atoms with van der Waals surface area (Å²) in [6.07, 6.45) is 0. The first-order valence-corrected chi connectivity index (χ1v) is 10.1. The van der Waals surface area contributed by atoms with Crippen molar-refractivity contribution in [2.75, 3.05) is 11.0 Å². The van der Waals surface area contributed by atoms with E-state index < -0.39 is 11.8 Å². The fourth-order valence-electron chi connectivity index (χ4n) is 2.64. The summed E-state index contributed by atoms with van der Waals surface area (Å²) >= 11 is 2.16. The van der Waals surface area contributed by atoms with Crippen LogP contribution in [0.15, 0.2) is 60.7 Å². The van der Waals surface area contributed by atoms with Gasteiger partial charge in [0.05, 0.1) is 6.61 Å². The van der Waals surface area contributed by atoms with Crippen LogP contribution in [0.4, 0.5) is 4.39 Å². The molecule has 4 nitrogen and oxygen atoms in total. The zero-order chi connectivity index (χ0) is 20.1. The minimum absolute atomic E-state index is 0.0341. The Morgan fingerprint density at radius 3 is 2.32 bits per heavy atom. The average Bonchev–Trinajstić information content (AvgIpc) is 2.68. The standard InChI is InChI=1S/C22H18FIO4/c1-14-2-6-17(7-3-14)28-21-13-16(4-8-18(21)22(25)26)15-5-9-20(19(23)12-15)27-11-10-24/h2-9,12-13H,10-11H2,1H3,(H,25,26). The highest BCUT2D eigenvalue weighted by atomic mass is 127. The van der Waals surface area contributed by atoms with Crippen molar-refractivity contribution in [3.05, 3.63) is 77.6 Å². The van der Waals surface area contributed by atoms with Gasteiger partial charge < -0.3 is 14.6 Å². The molecule has 0 saturated carbocycles. The molecule has 0 aromatic heterocycles. The maximum Gasteiger partial charge on any atom is 0.339 e. The van der Waals surface area contributed by atoms with Crippen LogP contribution in [-0.2, 0) is 0 Å². The highest BCUT2D eigenvalue weighted by Gasteiger charge is 2.15. The molecule has 0 aliphatic heterocycles. The Balaban J connectivity index is 1.95. The summed E-state index contributed by atoms with van der Waals surface area (Å²) in [5.74, 6) is -0.648. The molecule has 0 heterocycles. The van der Waals surface area contributed by atoms with Crippen molar-refractivity contribution in [3.63, 3.8) is 0 Å². The molecule has 0 amide bonds. The predicted octanol–water partition coefficient (Wildman–Crippen LogP) is 6.11. The number of carboxylic acid groups (broad SMARTS) is 1. The van der Waals surface area contributed by atoms with Crippen LogP contribution in [0, 0.1) is 12.7 Å². The Bertz CT molecular complexity index is 986. The van der Waals surface area contributed by atoms with Gasteiger partial charge in [0.15, 0.2) is 11.6 Å². The van der Waals surface area contributed by atoms with Gasteiger partial charge in [-0.2, -0.15) is 0 Å². The second kappa shape index (κ2) is 9.05. The molecule has 0 bridgehead atoms. The van der Waals surface area contributed by atoms with Gasteiger partial charge in [-0.3, -0.25) is 0 Å². The van der Waals surface area contributed by atoms with Crippen LogP contribution < -0.4 is 9.47 Å². The third-order valence-electron chi connectivity index (χ3n) is 4.06. The van der Waals surface area contributed by atoms with Gasteiger partial charge in [0.1, 0.15) is 17.1 Å². The van der Waals surface area contributed by atoms with E-state index in [0.717, 1.165) is 9.99 Å². The highest BCUT2D eigenvalue weighted by molar-refractivity contribution is 14.1. The molecule has 0 spiro atoms. The Morgan fingerprint density at radius 2 is 1.68 bits per heavy atom. The molecular weight excluding hydrogens is 474 g/mol. The van der Waals surface area contributed by atoms with Crippen LogP contribution in [0.25, 0.3) is 11.1 Å². The fraction of sp³-hybridized carbons (Fsp3) is 0.136. The number of ether oxygens (including phenoxy) is 2. The molecule has 3 aromatic rings. The first-order chi connectivity index (χ1) is 13.5. The van der Waals surface area contributed by atoms with Gasteiger partial charge >= 0.3 is 5.97 Å². The van der Waals surface area contributed by atoms with Crippen LogP contribution in [0.2, 0.25) is 0 Å². The van der Waals surface area contributed by atoms with Crippen molar-refractivity contribution >= 4 is 28.6 Å². The fourth-order valence-corrected chi connectivity index (χ4v) is 2.86. The molecule has 6 heteroatoms. The average molecular weight is 492 g/mol. The lowest BCUT2D eigenvalue weighted by molar-refractivity contribution is 0.0694. The maximum absolute atomic E-state index is 14.3. The lowest BCUT2D eigenvalue weighted by atomic mass is 10.0. The zero-order valence-corrected chi connectivity index (χ0v) is 17.3. The zero-order valence-electron chi connectivity index (χ0n) is 15.1. The molecule has 0 aliphatic carbocycles. The van der Waals surface area contributed by atoms with E-state index in [1.165, 1.54) is 12.1 Å². The van der Waals surface area contributed by atoms with Crippen molar-refractivity contribution < 1.29 is 23.8 Å². The van der Waals surface area contributed by atoms with Gasteiger partial charge in [0.2, 0.25) is 0 Å². The van der Waals surface area contributed by atoms with Crippen molar-refractivity contribution in [3.8, 4) is 28.4 Å². The van der Waals surface area contributed by atoms with E-state index >= 15 is 0 Å². The number of carboxylic acids is 1. The summed E-state index contributed by atoms with van der Waals surface area (Å²) in [5.41, 5.74) is 2.35. The van der Waals surface area contributed by atoms with Crippen LogP contribution >= 0.6 is 22.6 Å². The molecule has 0 fully saturated rings. The number of rotatable bonds is 7. The molecule has 3 rings (SSSR count). The van der Waals surface area contributed by atoms with E-state index in [2.05, 4.69) is 22.6 Å². The molecule has 0 atom stereocenters. The summed E-state index contributed by atoms with van der Waals surface area (Å²) in [4.78, 5) is 11.6. The van der Waals surface area contributed by atoms with Gasteiger partial charge in [-0.05, 0) is 54.4 Å². The lowest BCUT2D eigenvalue weighted by Gasteiger charge is -2.12. The summed E-state index contributed by atoms with van der Waals surface area (Å²) in [6, 6.07) is 16.7. The molecule has 0 unspecified atom stereocenters. The Hall–Kier alpha value is -2.61. The number of halogens is 2. The smallest absolute Gasteiger partial charge is 0.339 e. The monoisotopic (exact) mass is 492 g/mol. The number of benzene rings is 3. The normalized spacial score (nSPS) is 10.5. The molecule has 0 aliphatic rings. The minimum atomic E-state index is -1.10. The van der Waals surface area contributed by atoms with Crippen molar-refractivity contribution in [2.24, 2.45) is 0 Å². The molecule has 3 aromatic carbocycles. The van der Waals surface area contributed by atoms with E-state index in [0.29, 0.717) is 23.5 Å². The topological polar surface area (TPSA) is 55.8 Å². The minimum Gasteiger partial charge on any atom is -0.490 e.